The van der Waals surface area contributed by atoms with Gasteiger partial charge in [-0.2, -0.15) is 0 Å². The van der Waals surface area contributed by atoms with Crippen LogP contribution in [0.5, 0.6) is 5.75 Å². The van der Waals surface area contributed by atoms with Crippen molar-refractivity contribution in [2.45, 2.75) is 19.8 Å². The number of carboxylic acid groups (broad SMARTS) is 1. The highest BCUT2D eigenvalue weighted by Gasteiger charge is 2.09. The molecule has 1 aromatic carbocycles. The fourth-order valence-electron chi connectivity index (χ4n) is 1.79. The van der Waals surface area contributed by atoms with E-state index in [0.29, 0.717) is 24.8 Å². The van der Waals surface area contributed by atoms with Crippen LogP contribution in [0.1, 0.15) is 30.1 Å². The largest absolute Gasteiger partial charge is 0.491 e. The molecule has 5 nitrogen and oxygen atoms in total. The Hall–Kier alpha value is -1.59. The summed E-state index contributed by atoms with van der Waals surface area (Å²) in [6.07, 6.45) is 2.00. The molecule has 1 rings (SSSR count). The Morgan fingerprint density at radius 2 is 2.10 bits per heavy atom. The fraction of sp³-hybridized carbons (Fsp3) is 0.533. The van der Waals surface area contributed by atoms with Gasteiger partial charge in [-0.1, -0.05) is 19.1 Å². The van der Waals surface area contributed by atoms with E-state index < -0.39 is 5.97 Å². The van der Waals surface area contributed by atoms with Gasteiger partial charge in [-0.15, -0.1) is 0 Å². The van der Waals surface area contributed by atoms with Crippen LogP contribution in [0.2, 0.25) is 0 Å². The standard InChI is InChI=1S/C15H23NO4/c1-12(11-17)5-4-8-16-9-10-20-14-7-3-2-6-13(14)15(18)19/h2-3,6-7,12,16-17H,4-5,8-11H2,1H3,(H,18,19). The first-order valence-corrected chi connectivity index (χ1v) is 6.92. The quantitative estimate of drug-likeness (QED) is 0.570. The number of carbonyl (C=O) groups is 1. The van der Waals surface area contributed by atoms with Crippen molar-refractivity contribution in [2.24, 2.45) is 5.92 Å². The number of para-hydroxylation sites is 1. The van der Waals surface area contributed by atoms with Gasteiger partial charge in [0.05, 0.1) is 0 Å². The summed E-state index contributed by atoms with van der Waals surface area (Å²) in [5, 5.41) is 21.1. The molecule has 0 aliphatic rings. The predicted molar refractivity (Wildman–Crippen MR) is 77.2 cm³/mol. The van der Waals surface area contributed by atoms with Crippen molar-refractivity contribution in [3.8, 4) is 5.75 Å². The van der Waals surface area contributed by atoms with E-state index >= 15 is 0 Å². The van der Waals surface area contributed by atoms with E-state index in [1.165, 1.54) is 6.07 Å². The summed E-state index contributed by atoms with van der Waals surface area (Å²) in [4.78, 5) is 11.0. The maximum absolute atomic E-state index is 11.0. The van der Waals surface area contributed by atoms with Crippen molar-refractivity contribution in [3.05, 3.63) is 29.8 Å². The Morgan fingerprint density at radius 1 is 1.35 bits per heavy atom. The lowest BCUT2D eigenvalue weighted by Gasteiger charge is -2.10. The van der Waals surface area contributed by atoms with Gasteiger partial charge in [0.15, 0.2) is 0 Å². The van der Waals surface area contributed by atoms with Crippen molar-refractivity contribution in [1.29, 1.82) is 0 Å². The van der Waals surface area contributed by atoms with Gasteiger partial charge in [-0.25, -0.2) is 4.79 Å². The Kier molecular flexibility index (Phi) is 7.69. The third-order valence-electron chi connectivity index (χ3n) is 3.02. The van der Waals surface area contributed by atoms with Crippen LogP contribution in [0.4, 0.5) is 0 Å². The molecule has 3 N–H and O–H groups in total. The first-order chi connectivity index (χ1) is 9.65. The second-order valence-electron chi connectivity index (χ2n) is 4.83. The molecule has 0 spiro atoms. The van der Waals surface area contributed by atoms with Gasteiger partial charge in [0.1, 0.15) is 17.9 Å². The van der Waals surface area contributed by atoms with Gasteiger partial charge >= 0.3 is 5.97 Å². The summed E-state index contributed by atoms with van der Waals surface area (Å²) in [7, 11) is 0. The van der Waals surface area contributed by atoms with Crippen molar-refractivity contribution in [1.82, 2.24) is 5.32 Å². The molecule has 0 aliphatic carbocycles. The number of aliphatic hydroxyl groups is 1. The minimum Gasteiger partial charge on any atom is -0.491 e. The summed E-state index contributed by atoms with van der Waals surface area (Å²) in [6.45, 7) is 4.22. The smallest absolute Gasteiger partial charge is 0.339 e. The Labute approximate surface area is 119 Å². The Bertz CT molecular complexity index is 409. The average Bonchev–Trinajstić information content (AvgIpc) is 2.46. The van der Waals surface area contributed by atoms with Gasteiger partial charge in [-0.05, 0) is 37.4 Å². The fourth-order valence-corrected chi connectivity index (χ4v) is 1.79. The second-order valence-corrected chi connectivity index (χ2v) is 4.83. The van der Waals surface area contributed by atoms with Crippen LogP contribution in [-0.4, -0.2) is 42.5 Å². The number of hydrogen-bond donors (Lipinski definition) is 3. The van der Waals surface area contributed by atoms with Crippen molar-refractivity contribution < 1.29 is 19.7 Å². The van der Waals surface area contributed by atoms with Crippen LogP contribution in [0.15, 0.2) is 24.3 Å². The molecule has 0 heterocycles. The maximum Gasteiger partial charge on any atom is 0.339 e. The predicted octanol–water partition coefficient (Wildman–Crippen LogP) is 1.76. The lowest BCUT2D eigenvalue weighted by Crippen LogP contribution is -2.23. The number of hydrogen-bond acceptors (Lipinski definition) is 4. The van der Waals surface area contributed by atoms with Crippen LogP contribution in [0, 0.1) is 5.92 Å². The number of benzene rings is 1. The zero-order valence-electron chi connectivity index (χ0n) is 11.8. The summed E-state index contributed by atoms with van der Waals surface area (Å²) < 4.78 is 5.46. The lowest BCUT2D eigenvalue weighted by molar-refractivity contribution is 0.0692. The van der Waals surface area contributed by atoms with Crippen LogP contribution < -0.4 is 10.1 Å². The molecule has 1 atom stereocenters. The molecular formula is C15H23NO4. The molecule has 1 unspecified atom stereocenters. The SMILES string of the molecule is CC(CO)CCCNCCOc1ccccc1C(=O)O. The minimum absolute atomic E-state index is 0.185. The van der Waals surface area contributed by atoms with Crippen LogP contribution in [0.25, 0.3) is 0 Å². The average molecular weight is 281 g/mol. The van der Waals surface area contributed by atoms with E-state index in [9.17, 15) is 4.79 Å². The Balaban J connectivity index is 2.17. The van der Waals surface area contributed by atoms with E-state index in [1.54, 1.807) is 18.2 Å². The van der Waals surface area contributed by atoms with Gasteiger partial charge in [0.25, 0.3) is 0 Å². The van der Waals surface area contributed by atoms with E-state index in [1.807, 2.05) is 6.92 Å². The zero-order valence-corrected chi connectivity index (χ0v) is 11.8. The molecule has 0 saturated heterocycles. The molecular weight excluding hydrogens is 258 g/mol. The topological polar surface area (TPSA) is 78.8 Å². The summed E-state index contributed by atoms with van der Waals surface area (Å²) in [6, 6.07) is 6.62. The number of aliphatic hydroxyl groups excluding tert-OH is 1. The number of ether oxygens (including phenoxy) is 1. The first kappa shape index (κ1) is 16.5. The molecule has 0 aliphatic heterocycles. The van der Waals surface area contributed by atoms with Crippen molar-refractivity contribution in [2.75, 3.05) is 26.3 Å². The molecule has 112 valence electrons. The van der Waals surface area contributed by atoms with E-state index in [-0.39, 0.29) is 12.2 Å². The molecule has 0 bridgehead atoms. The van der Waals surface area contributed by atoms with Crippen LogP contribution >= 0.6 is 0 Å². The highest BCUT2D eigenvalue weighted by Crippen LogP contribution is 2.17. The highest BCUT2D eigenvalue weighted by molar-refractivity contribution is 5.90. The number of aromatic carboxylic acids is 1. The number of rotatable bonds is 10. The third-order valence-corrected chi connectivity index (χ3v) is 3.02. The van der Waals surface area contributed by atoms with E-state index in [2.05, 4.69) is 5.32 Å². The molecule has 0 amide bonds. The maximum atomic E-state index is 11.0. The van der Waals surface area contributed by atoms with Gasteiger partial charge in [-0.3, -0.25) is 0 Å². The minimum atomic E-state index is -0.980. The zero-order chi connectivity index (χ0) is 14.8. The van der Waals surface area contributed by atoms with Crippen molar-refractivity contribution >= 4 is 5.97 Å². The number of nitrogens with one attached hydrogen (secondary N) is 1. The third kappa shape index (κ3) is 6.04. The second kappa shape index (κ2) is 9.34. The van der Waals surface area contributed by atoms with Crippen LogP contribution in [-0.2, 0) is 0 Å². The van der Waals surface area contributed by atoms with Gasteiger partial charge < -0.3 is 20.3 Å². The monoisotopic (exact) mass is 281 g/mol. The highest BCUT2D eigenvalue weighted by atomic mass is 16.5. The van der Waals surface area contributed by atoms with Gasteiger partial charge in [0.2, 0.25) is 0 Å². The summed E-state index contributed by atoms with van der Waals surface area (Å²) in [5.74, 6) is -0.238. The molecule has 0 fully saturated rings. The van der Waals surface area contributed by atoms with E-state index in [0.717, 1.165) is 19.4 Å². The van der Waals surface area contributed by atoms with Crippen LogP contribution in [0.3, 0.4) is 0 Å². The molecule has 5 heteroatoms. The normalized spacial score (nSPS) is 12.1. The number of carboxylic acids is 1. The first-order valence-electron chi connectivity index (χ1n) is 6.92. The van der Waals surface area contributed by atoms with Gasteiger partial charge in [0, 0.05) is 13.2 Å². The molecule has 0 radical (unpaired) electrons. The summed E-state index contributed by atoms with van der Waals surface area (Å²) >= 11 is 0. The molecule has 0 aromatic heterocycles. The van der Waals surface area contributed by atoms with E-state index in [4.69, 9.17) is 14.9 Å². The molecule has 1 aromatic rings. The summed E-state index contributed by atoms with van der Waals surface area (Å²) in [5.41, 5.74) is 0.185. The lowest BCUT2D eigenvalue weighted by atomic mass is 10.1. The molecule has 0 saturated carbocycles. The van der Waals surface area contributed by atoms with Crippen molar-refractivity contribution in [3.63, 3.8) is 0 Å². The molecule has 20 heavy (non-hydrogen) atoms. The Morgan fingerprint density at radius 3 is 2.80 bits per heavy atom.